The van der Waals surface area contributed by atoms with Crippen molar-refractivity contribution in [2.24, 2.45) is 0 Å². The lowest BCUT2D eigenvalue weighted by molar-refractivity contribution is 0.301. The van der Waals surface area contributed by atoms with E-state index in [0.29, 0.717) is 6.54 Å². The molecule has 94 valence electrons. The molecule has 3 N–H and O–H groups in total. The maximum atomic E-state index is 9.17. The Labute approximate surface area is 107 Å². The first-order valence-electron chi connectivity index (χ1n) is 6.05. The third-order valence-corrected chi connectivity index (χ3v) is 2.82. The van der Waals surface area contributed by atoms with Crippen LogP contribution < -0.4 is 10.6 Å². The van der Waals surface area contributed by atoms with E-state index in [2.05, 4.69) is 17.0 Å². The third kappa shape index (κ3) is 3.25. The molecule has 0 heterocycles. The molecule has 0 aliphatic heterocycles. The molecule has 2 rings (SSSR count). The zero-order chi connectivity index (χ0) is 12.8. The molecule has 2 aromatic carbocycles. The van der Waals surface area contributed by atoms with Crippen molar-refractivity contribution < 1.29 is 5.11 Å². The van der Waals surface area contributed by atoms with Crippen molar-refractivity contribution in [3.63, 3.8) is 0 Å². The van der Waals surface area contributed by atoms with Crippen LogP contribution >= 0.6 is 0 Å². The Bertz CT molecular complexity index is 485. The van der Waals surface area contributed by atoms with E-state index in [9.17, 15) is 5.11 Å². The van der Waals surface area contributed by atoms with Crippen molar-refractivity contribution in [3.05, 3.63) is 60.2 Å². The molecule has 0 radical (unpaired) electrons. The minimum Gasteiger partial charge on any atom is -0.399 e. The molecule has 0 aliphatic carbocycles. The first-order valence-corrected chi connectivity index (χ1v) is 6.05. The van der Waals surface area contributed by atoms with E-state index in [1.807, 2.05) is 42.5 Å². The number of aliphatic hydroxyl groups is 1. The summed E-state index contributed by atoms with van der Waals surface area (Å²) in [5, 5.41) is 9.17. The number of hydrogen-bond donors (Lipinski definition) is 2. The number of nitrogens with two attached hydrogens (primary N) is 1. The molecule has 3 nitrogen and oxygen atoms in total. The summed E-state index contributed by atoms with van der Waals surface area (Å²) >= 11 is 0. The third-order valence-electron chi connectivity index (χ3n) is 2.82. The van der Waals surface area contributed by atoms with E-state index in [1.165, 1.54) is 5.56 Å². The molecule has 0 bridgehead atoms. The lowest BCUT2D eigenvalue weighted by atomic mass is 10.2. The zero-order valence-corrected chi connectivity index (χ0v) is 10.3. The van der Waals surface area contributed by atoms with Crippen molar-refractivity contribution >= 4 is 11.4 Å². The number of nitrogens with zero attached hydrogens (tertiary/aromatic N) is 1. The normalized spacial score (nSPS) is 10.3. The van der Waals surface area contributed by atoms with Crippen LogP contribution in [-0.4, -0.2) is 18.3 Å². The van der Waals surface area contributed by atoms with E-state index in [1.54, 1.807) is 0 Å². The first kappa shape index (κ1) is 12.5. The predicted molar refractivity (Wildman–Crippen MR) is 75.4 cm³/mol. The second-order valence-corrected chi connectivity index (χ2v) is 4.23. The minimum absolute atomic E-state index is 0.127. The summed E-state index contributed by atoms with van der Waals surface area (Å²) in [6, 6.07) is 17.9. The van der Waals surface area contributed by atoms with Crippen molar-refractivity contribution in [1.29, 1.82) is 0 Å². The number of nitrogen functional groups attached to an aromatic ring is 1. The second kappa shape index (κ2) is 6.07. The number of anilines is 2. The molecule has 3 heteroatoms. The molecule has 0 aromatic heterocycles. The highest BCUT2D eigenvalue weighted by molar-refractivity contribution is 5.56. The Morgan fingerprint density at radius 3 is 2.44 bits per heavy atom. The lowest BCUT2D eigenvalue weighted by Crippen LogP contribution is -2.26. The van der Waals surface area contributed by atoms with Gasteiger partial charge >= 0.3 is 0 Å². The Morgan fingerprint density at radius 2 is 1.78 bits per heavy atom. The number of benzene rings is 2. The fourth-order valence-electron chi connectivity index (χ4n) is 1.95. The van der Waals surface area contributed by atoms with E-state index < -0.39 is 0 Å². The van der Waals surface area contributed by atoms with Crippen LogP contribution in [0.15, 0.2) is 54.6 Å². The second-order valence-electron chi connectivity index (χ2n) is 4.23. The molecule has 2 aromatic rings. The molecule has 0 saturated carbocycles. The highest BCUT2D eigenvalue weighted by Crippen LogP contribution is 2.19. The van der Waals surface area contributed by atoms with Gasteiger partial charge in [0.05, 0.1) is 6.61 Å². The quantitative estimate of drug-likeness (QED) is 0.791. The summed E-state index contributed by atoms with van der Waals surface area (Å²) in [5.41, 5.74) is 8.79. The molecule has 0 saturated heterocycles. The van der Waals surface area contributed by atoms with Crippen LogP contribution in [0.2, 0.25) is 0 Å². The van der Waals surface area contributed by atoms with Gasteiger partial charge in [0.15, 0.2) is 0 Å². The van der Waals surface area contributed by atoms with Gasteiger partial charge in [-0.25, -0.2) is 0 Å². The van der Waals surface area contributed by atoms with Gasteiger partial charge in [0.2, 0.25) is 0 Å². The fourth-order valence-corrected chi connectivity index (χ4v) is 1.95. The van der Waals surface area contributed by atoms with E-state index >= 15 is 0 Å². The van der Waals surface area contributed by atoms with Gasteiger partial charge in [0.1, 0.15) is 0 Å². The topological polar surface area (TPSA) is 49.5 Å². The lowest BCUT2D eigenvalue weighted by Gasteiger charge is -2.24. The van der Waals surface area contributed by atoms with Crippen LogP contribution in [0.1, 0.15) is 5.56 Å². The van der Waals surface area contributed by atoms with Gasteiger partial charge in [-0.2, -0.15) is 0 Å². The zero-order valence-electron chi connectivity index (χ0n) is 10.3. The largest absolute Gasteiger partial charge is 0.399 e. The first-order chi connectivity index (χ1) is 8.79. The van der Waals surface area contributed by atoms with Gasteiger partial charge < -0.3 is 15.7 Å². The monoisotopic (exact) mass is 242 g/mol. The number of rotatable bonds is 5. The highest BCUT2D eigenvalue weighted by atomic mass is 16.3. The molecule has 18 heavy (non-hydrogen) atoms. The Kier molecular flexibility index (Phi) is 4.20. The summed E-state index contributed by atoms with van der Waals surface area (Å²) < 4.78 is 0. The van der Waals surface area contributed by atoms with Crippen LogP contribution in [0.5, 0.6) is 0 Å². The summed E-state index contributed by atoms with van der Waals surface area (Å²) in [4.78, 5) is 2.12. The highest BCUT2D eigenvalue weighted by Gasteiger charge is 2.06. The molecule has 0 amide bonds. The Hall–Kier alpha value is -2.00. The molecule has 0 spiro atoms. The number of aliphatic hydroxyl groups excluding tert-OH is 1. The smallest absolute Gasteiger partial charge is 0.0606 e. The maximum absolute atomic E-state index is 9.17. The van der Waals surface area contributed by atoms with Crippen LogP contribution in [0.4, 0.5) is 11.4 Å². The average molecular weight is 242 g/mol. The molecular formula is C15H18N2O. The maximum Gasteiger partial charge on any atom is 0.0606 e. The van der Waals surface area contributed by atoms with Gasteiger partial charge in [-0.3, -0.25) is 0 Å². The van der Waals surface area contributed by atoms with Crippen molar-refractivity contribution in [3.8, 4) is 0 Å². The molecule has 0 aliphatic rings. The fraction of sp³-hybridized carbons (Fsp3) is 0.200. The summed E-state index contributed by atoms with van der Waals surface area (Å²) in [6.45, 7) is 1.49. The van der Waals surface area contributed by atoms with Crippen molar-refractivity contribution in [2.75, 3.05) is 23.8 Å². The van der Waals surface area contributed by atoms with Gasteiger partial charge in [-0.05, 0) is 23.8 Å². The minimum atomic E-state index is 0.127. The number of hydrogen-bond acceptors (Lipinski definition) is 3. The van der Waals surface area contributed by atoms with Crippen molar-refractivity contribution in [1.82, 2.24) is 0 Å². The average Bonchev–Trinajstić information content (AvgIpc) is 2.39. The van der Waals surface area contributed by atoms with Crippen LogP contribution in [-0.2, 0) is 6.54 Å². The van der Waals surface area contributed by atoms with E-state index in [0.717, 1.165) is 17.9 Å². The molecular weight excluding hydrogens is 224 g/mol. The summed E-state index contributed by atoms with van der Waals surface area (Å²) in [7, 11) is 0. The molecule has 0 fully saturated rings. The Balaban J connectivity index is 2.18. The molecule has 0 atom stereocenters. The molecule has 0 unspecified atom stereocenters. The van der Waals surface area contributed by atoms with Crippen molar-refractivity contribution in [2.45, 2.75) is 6.54 Å². The van der Waals surface area contributed by atoms with Gasteiger partial charge in [-0.1, -0.05) is 36.4 Å². The summed E-state index contributed by atoms with van der Waals surface area (Å²) in [6.07, 6.45) is 0. The summed E-state index contributed by atoms with van der Waals surface area (Å²) in [5.74, 6) is 0. The Morgan fingerprint density at radius 1 is 1.00 bits per heavy atom. The van der Waals surface area contributed by atoms with E-state index in [4.69, 9.17) is 5.73 Å². The predicted octanol–water partition coefficient (Wildman–Crippen LogP) is 2.27. The standard InChI is InChI=1S/C15H18N2O/c16-14-7-4-8-15(11-14)17(9-10-18)12-13-5-2-1-3-6-13/h1-8,11,18H,9-10,12,16H2. The van der Waals surface area contributed by atoms with Gasteiger partial charge in [-0.15, -0.1) is 0 Å². The SMILES string of the molecule is Nc1cccc(N(CCO)Cc2ccccc2)c1. The van der Waals surface area contributed by atoms with Gasteiger partial charge in [0.25, 0.3) is 0 Å². The van der Waals surface area contributed by atoms with Crippen LogP contribution in [0.3, 0.4) is 0 Å². The van der Waals surface area contributed by atoms with Crippen LogP contribution in [0.25, 0.3) is 0 Å². The van der Waals surface area contributed by atoms with E-state index in [-0.39, 0.29) is 6.61 Å². The van der Waals surface area contributed by atoms with Crippen LogP contribution in [0, 0.1) is 0 Å². The van der Waals surface area contributed by atoms with Gasteiger partial charge in [0, 0.05) is 24.5 Å².